The summed E-state index contributed by atoms with van der Waals surface area (Å²) in [7, 11) is 0. The van der Waals surface area contributed by atoms with Crippen LogP contribution in [-0.4, -0.2) is 35.5 Å². The summed E-state index contributed by atoms with van der Waals surface area (Å²) in [6.07, 6.45) is 3.98. The van der Waals surface area contributed by atoms with Crippen molar-refractivity contribution in [1.29, 1.82) is 0 Å². The van der Waals surface area contributed by atoms with Crippen LogP contribution in [0, 0.1) is 5.41 Å². The van der Waals surface area contributed by atoms with Gasteiger partial charge in [0.15, 0.2) is 0 Å². The minimum absolute atomic E-state index is 0.0306. The van der Waals surface area contributed by atoms with Gasteiger partial charge >= 0.3 is 0 Å². The zero-order valence-electron chi connectivity index (χ0n) is 11.1. The number of aliphatic hydroxyl groups is 1. The van der Waals surface area contributed by atoms with E-state index in [0.717, 1.165) is 38.2 Å². The fourth-order valence-corrected chi connectivity index (χ4v) is 3.72. The number of aliphatic hydroxyl groups excluding tert-OH is 1. The van der Waals surface area contributed by atoms with Crippen LogP contribution in [0.5, 0.6) is 0 Å². The van der Waals surface area contributed by atoms with E-state index >= 15 is 0 Å². The Balaban J connectivity index is 1.63. The predicted octanol–water partition coefficient (Wildman–Crippen LogP) is 2.41. The Kier molecular flexibility index (Phi) is 4.20. The first-order valence-electron chi connectivity index (χ1n) is 6.91. The summed E-state index contributed by atoms with van der Waals surface area (Å²) in [5.41, 5.74) is 0.761. The smallest absolute Gasteiger partial charge is 0.0728 e. The summed E-state index contributed by atoms with van der Waals surface area (Å²) in [6.45, 7) is 2.06. The molecule has 20 heavy (non-hydrogen) atoms. The van der Waals surface area contributed by atoms with E-state index in [1.54, 1.807) is 12.3 Å². The van der Waals surface area contributed by atoms with Crippen molar-refractivity contribution in [2.24, 2.45) is 5.41 Å². The maximum Gasteiger partial charge on any atom is 0.0728 e. The van der Waals surface area contributed by atoms with E-state index in [9.17, 15) is 5.11 Å². The first-order chi connectivity index (χ1) is 9.62. The molecule has 1 aromatic rings. The summed E-state index contributed by atoms with van der Waals surface area (Å²) in [5.74, 6) is 0. The molecule has 2 aliphatic rings. The summed E-state index contributed by atoms with van der Waals surface area (Å²) in [4.78, 5) is 4.25. The molecule has 0 amide bonds. The van der Waals surface area contributed by atoms with E-state index < -0.39 is 0 Å². The molecule has 1 aliphatic heterocycles. The van der Waals surface area contributed by atoms with Crippen molar-refractivity contribution in [3.8, 4) is 0 Å². The van der Waals surface area contributed by atoms with Crippen LogP contribution in [0.3, 0.4) is 0 Å². The van der Waals surface area contributed by atoms with Gasteiger partial charge in [0.1, 0.15) is 0 Å². The SMILES string of the molecule is O[C@@H]1C[C@@H](NCc2ncc(Cl)cc2Cl)C12CCOCC2. The number of ether oxygens (including phenoxy) is 1. The molecule has 2 heterocycles. The second kappa shape index (κ2) is 5.78. The standard InChI is InChI=1S/C14H18Cl2N2O2/c15-9-5-10(16)11(17-7-9)8-18-12-6-13(19)14(12)1-3-20-4-2-14/h5,7,12-13,18-19H,1-4,6,8H2/t12-,13-/m1/s1. The highest BCUT2D eigenvalue weighted by Crippen LogP contribution is 2.49. The molecule has 1 saturated carbocycles. The highest BCUT2D eigenvalue weighted by atomic mass is 35.5. The van der Waals surface area contributed by atoms with Gasteiger partial charge in [0.2, 0.25) is 0 Å². The van der Waals surface area contributed by atoms with Crippen LogP contribution in [-0.2, 0) is 11.3 Å². The third kappa shape index (κ3) is 2.55. The molecule has 0 unspecified atom stereocenters. The Hall–Kier alpha value is -0.390. The van der Waals surface area contributed by atoms with Gasteiger partial charge in [-0.05, 0) is 25.3 Å². The first-order valence-corrected chi connectivity index (χ1v) is 7.66. The summed E-state index contributed by atoms with van der Waals surface area (Å²) in [6, 6.07) is 2.00. The molecule has 0 bridgehead atoms. The lowest BCUT2D eigenvalue weighted by atomic mass is 9.58. The maximum atomic E-state index is 10.1. The van der Waals surface area contributed by atoms with Crippen LogP contribution in [0.1, 0.15) is 25.0 Å². The molecule has 1 aromatic heterocycles. The fourth-order valence-electron chi connectivity index (χ4n) is 3.28. The van der Waals surface area contributed by atoms with Crippen molar-refractivity contribution >= 4 is 23.2 Å². The highest BCUT2D eigenvalue weighted by Gasteiger charge is 2.54. The van der Waals surface area contributed by atoms with Gasteiger partial charge in [-0.3, -0.25) is 4.98 Å². The molecule has 4 nitrogen and oxygen atoms in total. The van der Waals surface area contributed by atoms with Gasteiger partial charge in [-0.1, -0.05) is 23.2 Å². The van der Waals surface area contributed by atoms with Gasteiger partial charge < -0.3 is 15.2 Å². The Morgan fingerprint density at radius 1 is 1.40 bits per heavy atom. The van der Waals surface area contributed by atoms with Crippen LogP contribution < -0.4 is 5.32 Å². The van der Waals surface area contributed by atoms with Crippen molar-refractivity contribution in [2.45, 2.75) is 38.0 Å². The summed E-state index contributed by atoms with van der Waals surface area (Å²) < 4.78 is 5.41. The summed E-state index contributed by atoms with van der Waals surface area (Å²) in [5, 5.41) is 14.7. The number of halogens is 2. The van der Waals surface area contributed by atoms with Gasteiger partial charge in [0.25, 0.3) is 0 Å². The van der Waals surface area contributed by atoms with Crippen molar-refractivity contribution in [3.05, 3.63) is 28.0 Å². The van der Waals surface area contributed by atoms with Crippen LogP contribution in [0.25, 0.3) is 0 Å². The lowest BCUT2D eigenvalue weighted by molar-refractivity contribution is -0.149. The lowest BCUT2D eigenvalue weighted by Gasteiger charge is -2.56. The molecule has 2 atom stereocenters. The maximum absolute atomic E-state index is 10.1. The molecule has 3 rings (SSSR count). The van der Waals surface area contributed by atoms with Gasteiger partial charge in [-0.2, -0.15) is 0 Å². The van der Waals surface area contributed by atoms with Crippen LogP contribution in [0.4, 0.5) is 0 Å². The number of nitrogens with zero attached hydrogens (tertiary/aromatic N) is 1. The average molecular weight is 317 g/mol. The van der Waals surface area contributed by atoms with Crippen molar-refractivity contribution in [2.75, 3.05) is 13.2 Å². The van der Waals surface area contributed by atoms with E-state index in [4.69, 9.17) is 27.9 Å². The fraction of sp³-hybridized carbons (Fsp3) is 0.643. The van der Waals surface area contributed by atoms with E-state index in [0.29, 0.717) is 22.6 Å². The normalized spacial score (nSPS) is 28.4. The third-order valence-corrected chi connectivity index (χ3v) is 5.17. The molecule has 0 radical (unpaired) electrons. The highest BCUT2D eigenvalue weighted by molar-refractivity contribution is 6.34. The molecular weight excluding hydrogens is 299 g/mol. The molecule has 1 spiro atoms. The van der Waals surface area contributed by atoms with E-state index in [-0.39, 0.29) is 11.5 Å². The van der Waals surface area contributed by atoms with E-state index in [1.807, 2.05) is 0 Å². The quantitative estimate of drug-likeness (QED) is 0.899. The number of nitrogens with one attached hydrogen (secondary N) is 1. The zero-order chi connectivity index (χ0) is 14.2. The van der Waals surface area contributed by atoms with Gasteiger partial charge in [-0.15, -0.1) is 0 Å². The molecule has 2 N–H and O–H groups in total. The molecule has 1 aliphatic carbocycles. The molecule has 110 valence electrons. The number of hydrogen-bond donors (Lipinski definition) is 2. The number of rotatable bonds is 3. The lowest BCUT2D eigenvalue weighted by Crippen LogP contribution is -2.64. The van der Waals surface area contributed by atoms with E-state index in [1.165, 1.54) is 0 Å². The van der Waals surface area contributed by atoms with Crippen molar-refractivity contribution in [1.82, 2.24) is 10.3 Å². The Morgan fingerprint density at radius 3 is 2.80 bits per heavy atom. The minimum atomic E-state index is -0.224. The number of pyridine rings is 1. The average Bonchev–Trinajstić information content (AvgIpc) is 2.46. The minimum Gasteiger partial charge on any atom is -0.392 e. The second-order valence-electron chi connectivity index (χ2n) is 5.61. The second-order valence-corrected chi connectivity index (χ2v) is 6.46. The molecular formula is C14H18Cl2N2O2. The van der Waals surface area contributed by atoms with Gasteiger partial charge in [-0.25, -0.2) is 0 Å². The van der Waals surface area contributed by atoms with Gasteiger partial charge in [0, 0.05) is 37.4 Å². The molecule has 0 aromatic carbocycles. The van der Waals surface area contributed by atoms with Crippen molar-refractivity contribution in [3.63, 3.8) is 0 Å². The molecule has 2 fully saturated rings. The Bertz CT molecular complexity index is 492. The Labute approximate surface area is 128 Å². The molecule has 6 heteroatoms. The van der Waals surface area contributed by atoms with Crippen LogP contribution >= 0.6 is 23.2 Å². The predicted molar refractivity (Wildman–Crippen MR) is 78.0 cm³/mol. The molecule has 1 saturated heterocycles. The Morgan fingerprint density at radius 2 is 2.15 bits per heavy atom. The number of aromatic nitrogens is 1. The van der Waals surface area contributed by atoms with Crippen LogP contribution in [0.2, 0.25) is 10.0 Å². The topological polar surface area (TPSA) is 54.4 Å². The number of hydrogen-bond acceptors (Lipinski definition) is 4. The zero-order valence-corrected chi connectivity index (χ0v) is 12.6. The monoisotopic (exact) mass is 316 g/mol. The summed E-state index contributed by atoms with van der Waals surface area (Å²) >= 11 is 12.0. The van der Waals surface area contributed by atoms with E-state index in [2.05, 4.69) is 10.3 Å². The largest absolute Gasteiger partial charge is 0.392 e. The third-order valence-electron chi connectivity index (χ3n) is 4.64. The van der Waals surface area contributed by atoms with Crippen molar-refractivity contribution < 1.29 is 9.84 Å². The first kappa shape index (κ1) is 14.5. The van der Waals surface area contributed by atoms with Gasteiger partial charge in [0.05, 0.1) is 21.8 Å². The van der Waals surface area contributed by atoms with Crippen LogP contribution in [0.15, 0.2) is 12.3 Å².